The van der Waals surface area contributed by atoms with Crippen LogP contribution in [-0.2, 0) is 5.41 Å². The lowest BCUT2D eigenvalue weighted by atomic mass is 9.58. The van der Waals surface area contributed by atoms with E-state index < -0.39 is 23.2 Å². The fourth-order valence-electron chi connectivity index (χ4n) is 4.89. The second-order valence-electron chi connectivity index (χ2n) is 7.73. The first kappa shape index (κ1) is 18.8. The number of hydrogen-bond acceptors (Lipinski definition) is 6. The van der Waals surface area contributed by atoms with Crippen LogP contribution in [0.25, 0.3) is 10.8 Å². The molecule has 2 aromatic rings. The second-order valence-corrected chi connectivity index (χ2v) is 7.73. The monoisotopic (exact) mass is 384 g/mol. The van der Waals surface area contributed by atoms with Crippen LogP contribution in [0.4, 0.5) is 0 Å². The lowest BCUT2D eigenvalue weighted by Gasteiger charge is -2.46. The predicted molar refractivity (Wildman–Crippen MR) is 104 cm³/mol. The van der Waals surface area contributed by atoms with Gasteiger partial charge in [-0.1, -0.05) is 6.92 Å². The van der Waals surface area contributed by atoms with E-state index in [4.69, 9.17) is 9.47 Å². The van der Waals surface area contributed by atoms with Gasteiger partial charge in [-0.05, 0) is 48.2 Å². The van der Waals surface area contributed by atoms with Gasteiger partial charge < -0.3 is 24.8 Å². The molecule has 2 aliphatic rings. The number of rotatable bonds is 3. The summed E-state index contributed by atoms with van der Waals surface area (Å²) in [4.78, 5) is 13.0. The maximum absolute atomic E-state index is 13.0. The number of ketones is 1. The van der Waals surface area contributed by atoms with Gasteiger partial charge in [0.2, 0.25) is 5.78 Å². The summed E-state index contributed by atoms with van der Waals surface area (Å²) in [6.45, 7) is 1.63. The Hall–Kier alpha value is -2.57. The Balaban J connectivity index is 2.05. The fourth-order valence-corrected chi connectivity index (χ4v) is 4.89. The number of carbonyl (C=O) groups excluding carboxylic acids is 1. The smallest absolute Gasteiger partial charge is 0.227 e. The maximum atomic E-state index is 13.0. The first-order valence-corrected chi connectivity index (χ1v) is 9.33. The third-order valence-corrected chi connectivity index (χ3v) is 6.39. The number of ether oxygens (including phenoxy) is 2. The quantitative estimate of drug-likeness (QED) is 0.753. The van der Waals surface area contributed by atoms with Crippen LogP contribution < -0.4 is 9.47 Å². The van der Waals surface area contributed by atoms with Gasteiger partial charge >= 0.3 is 0 Å². The Labute approximate surface area is 163 Å². The van der Waals surface area contributed by atoms with E-state index in [1.54, 1.807) is 26.4 Å². The largest absolute Gasteiger partial charge is 0.504 e. The van der Waals surface area contributed by atoms with Crippen molar-refractivity contribution in [3.63, 3.8) is 0 Å². The molecule has 3 atom stereocenters. The van der Waals surface area contributed by atoms with Gasteiger partial charge in [0.1, 0.15) is 11.5 Å². The molecule has 1 fully saturated rings. The molecule has 1 saturated carbocycles. The van der Waals surface area contributed by atoms with Gasteiger partial charge in [0.15, 0.2) is 5.76 Å². The molecule has 0 aliphatic heterocycles. The molecule has 0 spiro atoms. The highest BCUT2D eigenvalue weighted by molar-refractivity contribution is 6.13. The topological polar surface area (TPSA) is 96.2 Å². The number of allylic oxidation sites excluding steroid dienone is 1. The lowest BCUT2D eigenvalue weighted by molar-refractivity contribution is 0.0417. The molecule has 0 aromatic heterocycles. The summed E-state index contributed by atoms with van der Waals surface area (Å²) in [6, 6.07) is 7.26. The minimum absolute atomic E-state index is 0.330. The normalized spacial score (nSPS) is 26.8. The summed E-state index contributed by atoms with van der Waals surface area (Å²) in [5, 5.41) is 32.5. The van der Waals surface area contributed by atoms with Crippen molar-refractivity contribution in [2.75, 3.05) is 20.8 Å². The molecule has 0 bridgehead atoms. The Kier molecular flexibility index (Phi) is 4.36. The van der Waals surface area contributed by atoms with Crippen molar-refractivity contribution in [3.8, 4) is 11.5 Å². The molecule has 2 aliphatic carbocycles. The zero-order chi connectivity index (χ0) is 20.2. The second kappa shape index (κ2) is 6.50. The predicted octanol–water partition coefficient (Wildman–Crippen LogP) is 2.89. The highest BCUT2D eigenvalue weighted by atomic mass is 16.5. The van der Waals surface area contributed by atoms with E-state index >= 15 is 0 Å². The first-order chi connectivity index (χ1) is 13.4. The lowest BCUT2D eigenvalue weighted by Crippen LogP contribution is -2.46. The van der Waals surface area contributed by atoms with E-state index in [2.05, 4.69) is 0 Å². The Morgan fingerprint density at radius 3 is 2.32 bits per heavy atom. The molecule has 6 heteroatoms. The highest BCUT2D eigenvalue weighted by Crippen LogP contribution is 2.52. The van der Waals surface area contributed by atoms with Crippen LogP contribution >= 0.6 is 0 Å². The molecule has 0 amide bonds. The third kappa shape index (κ3) is 2.38. The molecule has 0 radical (unpaired) electrons. The number of fused-ring (bicyclic) bond motifs is 4. The number of carbonyl (C=O) groups is 1. The van der Waals surface area contributed by atoms with Crippen molar-refractivity contribution < 1.29 is 29.6 Å². The fraction of sp³-hybridized carbons (Fsp3) is 0.409. The number of Topliss-reactive ketones (excluding diaryl/α,β-unsaturated/α-hetero) is 1. The van der Waals surface area contributed by atoms with Crippen molar-refractivity contribution in [3.05, 3.63) is 46.7 Å². The average Bonchev–Trinajstić information content (AvgIpc) is 2.71. The average molecular weight is 384 g/mol. The molecule has 0 saturated heterocycles. The van der Waals surface area contributed by atoms with Gasteiger partial charge in [0.25, 0.3) is 0 Å². The van der Waals surface area contributed by atoms with Crippen molar-refractivity contribution in [1.29, 1.82) is 0 Å². The molecular formula is C22H24O6. The number of benzene rings is 2. The van der Waals surface area contributed by atoms with E-state index in [1.165, 1.54) is 0 Å². The Morgan fingerprint density at radius 2 is 1.75 bits per heavy atom. The summed E-state index contributed by atoms with van der Waals surface area (Å²) >= 11 is 0. The van der Waals surface area contributed by atoms with Crippen molar-refractivity contribution >= 4 is 16.6 Å². The molecule has 4 rings (SSSR count). The van der Waals surface area contributed by atoms with Gasteiger partial charge in [-0.3, -0.25) is 4.79 Å². The van der Waals surface area contributed by atoms with Crippen molar-refractivity contribution in [2.24, 2.45) is 5.92 Å². The van der Waals surface area contributed by atoms with E-state index in [0.29, 0.717) is 35.5 Å². The van der Waals surface area contributed by atoms with Gasteiger partial charge in [-0.2, -0.15) is 0 Å². The minimum Gasteiger partial charge on any atom is -0.504 e. The maximum Gasteiger partial charge on any atom is 0.227 e. The molecule has 0 heterocycles. The first-order valence-electron chi connectivity index (χ1n) is 9.33. The summed E-state index contributed by atoms with van der Waals surface area (Å²) < 4.78 is 11.0. The van der Waals surface area contributed by atoms with Crippen LogP contribution in [-0.4, -0.2) is 48.0 Å². The SMILES string of the molecule is COc1ccc(OC)c2cc3c(cc12)C(=O)C(O)=C1[C@@H](CO)[C@@H](O)CC[C@]13C. The van der Waals surface area contributed by atoms with E-state index in [9.17, 15) is 20.1 Å². The van der Waals surface area contributed by atoms with Crippen LogP contribution in [0.2, 0.25) is 0 Å². The molecular weight excluding hydrogens is 360 g/mol. The summed E-state index contributed by atoms with van der Waals surface area (Å²) in [7, 11) is 3.15. The van der Waals surface area contributed by atoms with Crippen LogP contribution in [0.3, 0.4) is 0 Å². The zero-order valence-electron chi connectivity index (χ0n) is 16.2. The van der Waals surface area contributed by atoms with E-state index in [1.807, 2.05) is 19.1 Å². The molecule has 6 nitrogen and oxygen atoms in total. The van der Waals surface area contributed by atoms with E-state index in [0.717, 1.165) is 16.3 Å². The standard InChI is InChI=1S/C22H24O6/c1-22-7-6-16(24)14(10-23)19(22)21(26)20(25)13-8-11-12(9-15(13)22)18(28-3)5-4-17(11)27-2/h4-5,8-9,14,16,23-24,26H,6-7,10H2,1-3H3/t14-,16-,22-/m0/s1. The number of hydrogen-bond donors (Lipinski definition) is 3. The van der Waals surface area contributed by atoms with Gasteiger partial charge in [-0.25, -0.2) is 0 Å². The molecule has 0 unspecified atom stereocenters. The molecule has 2 aromatic carbocycles. The van der Waals surface area contributed by atoms with Gasteiger partial charge in [-0.15, -0.1) is 0 Å². The molecule has 28 heavy (non-hydrogen) atoms. The van der Waals surface area contributed by atoms with Crippen LogP contribution in [0, 0.1) is 5.92 Å². The van der Waals surface area contributed by atoms with E-state index in [-0.39, 0.29) is 12.4 Å². The van der Waals surface area contributed by atoms with Crippen molar-refractivity contribution in [1.82, 2.24) is 0 Å². The Morgan fingerprint density at radius 1 is 1.14 bits per heavy atom. The Bertz CT molecular complexity index is 1010. The minimum atomic E-state index is -0.792. The van der Waals surface area contributed by atoms with Crippen LogP contribution in [0.5, 0.6) is 11.5 Å². The number of aliphatic hydroxyl groups excluding tert-OH is 3. The van der Waals surface area contributed by atoms with Crippen molar-refractivity contribution in [2.45, 2.75) is 31.3 Å². The van der Waals surface area contributed by atoms with Crippen LogP contribution in [0.15, 0.2) is 35.6 Å². The summed E-state index contributed by atoms with van der Waals surface area (Å²) in [6.07, 6.45) is 0.237. The van der Waals surface area contributed by atoms with Gasteiger partial charge in [0.05, 0.1) is 26.9 Å². The number of methoxy groups -OCH3 is 2. The third-order valence-electron chi connectivity index (χ3n) is 6.39. The van der Waals surface area contributed by atoms with Crippen LogP contribution in [0.1, 0.15) is 35.7 Å². The molecule has 3 N–H and O–H groups in total. The molecule has 148 valence electrons. The summed E-state index contributed by atoms with van der Waals surface area (Å²) in [5.74, 6) is -0.266. The number of aliphatic hydroxyl groups is 3. The summed E-state index contributed by atoms with van der Waals surface area (Å²) in [5.41, 5.74) is 0.945. The zero-order valence-corrected chi connectivity index (χ0v) is 16.2. The van der Waals surface area contributed by atoms with Gasteiger partial charge in [0, 0.05) is 27.7 Å². The highest BCUT2D eigenvalue weighted by Gasteiger charge is 2.50.